The first-order chi connectivity index (χ1) is 9.13. The van der Waals surface area contributed by atoms with Crippen molar-refractivity contribution in [1.29, 1.82) is 0 Å². The minimum atomic E-state index is 0.602. The van der Waals surface area contributed by atoms with E-state index in [2.05, 4.69) is 81.4 Å². The first-order valence-electron chi connectivity index (χ1n) is 7.00. The lowest BCUT2D eigenvalue weighted by molar-refractivity contribution is 0.735. The van der Waals surface area contributed by atoms with E-state index in [1.54, 1.807) is 0 Å². The van der Waals surface area contributed by atoms with Crippen LogP contribution in [0.5, 0.6) is 0 Å². The first kappa shape index (κ1) is 13.7. The monoisotopic (exact) mass is 253 g/mol. The maximum absolute atomic E-state index is 2.30. The van der Waals surface area contributed by atoms with Crippen molar-refractivity contribution < 1.29 is 0 Å². The molecule has 19 heavy (non-hydrogen) atoms. The van der Waals surface area contributed by atoms with E-state index in [9.17, 15) is 0 Å². The highest BCUT2D eigenvalue weighted by Crippen LogP contribution is 2.31. The normalized spacial score (nSPS) is 12.2. The molecule has 1 heteroatoms. The van der Waals surface area contributed by atoms with Gasteiger partial charge in [0.2, 0.25) is 0 Å². The fraction of sp³-hybridized carbons (Fsp3) is 0.333. The third-order valence-corrected chi connectivity index (χ3v) is 3.80. The Labute approximate surface area is 116 Å². The summed E-state index contributed by atoms with van der Waals surface area (Å²) >= 11 is 0. The Kier molecular flexibility index (Phi) is 4.26. The third-order valence-electron chi connectivity index (χ3n) is 3.80. The quantitative estimate of drug-likeness (QED) is 0.746. The third kappa shape index (κ3) is 2.98. The van der Waals surface area contributed by atoms with Crippen LogP contribution in [0.3, 0.4) is 0 Å². The Morgan fingerprint density at radius 3 is 2.16 bits per heavy atom. The van der Waals surface area contributed by atoms with E-state index in [4.69, 9.17) is 0 Å². The molecule has 1 unspecified atom stereocenters. The molecule has 0 aliphatic rings. The number of rotatable bonds is 4. The zero-order valence-corrected chi connectivity index (χ0v) is 12.4. The molecule has 100 valence electrons. The topological polar surface area (TPSA) is 3.24 Å². The van der Waals surface area contributed by atoms with E-state index in [1.165, 1.54) is 28.8 Å². The second kappa shape index (κ2) is 5.92. The van der Waals surface area contributed by atoms with E-state index >= 15 is 0 Å². The molecule has 2 aromatic rings. The summed E-state index contributed by atoms with van der Waals surface area (Å²) in [5, 5.41) is 0. The molecule has 0 saturated carbocycles. The number of nitrogens with zero attached hydrogens (tertiary/aromatic N) is 1. The molecule has 1 atom stereocenters. The molecule has 0 aliphatic heterocycles. The molecule has 0 aliphatic carbocycles. The van der Waals surface area contributed by atoms with Gasteiger partial charge >= 0.3 is 0 Å². The number of anilines is 1. The molecule has 0 saturated heterocycles. The lowest BCUT2D eigenvalue weighted by atomic mass is 9.90. The van der Waals surface area contributed by atoms with Gasteiger partial charge in [0.15, 0.2) is 0 Å². The zero-order valence-electron chi connectivity index (χ0n) is 12.4. The van der Waals surface area contributed by atoms with Crippen LogP contribution >= 0.6 is 0 Å². The smallest absolute Gasteiger partial charge is 0.0361 e. The molecule has 2 aromatic carbocycles. The second-order valence-corrected chi connectivity index (χ2v) is 5.34. The molecule has 0 bridgehead atoms. The molecule has 0 heterocycles. The standard InChI is InChI=1S/C18H23N/c1-5-14(2)17-8-6-7-9-18(17)15-10-12-16(13-11-15)19(3)4/h6-14H,5H2,1-4H3. The highest BCUT2D eigenvalue weighted by molar-refractivity contribution is 5.70. The van der Waals surface area contributed by atoms with Crippen molar-refractivity contribution >= 4 is 5.69 Å². The molecule has 1 nitrogen and oxygen atoms in total. The Balaban J connectivity index is 2.41. The van der Waals surface area contributed by atoms with Crippen LogP contribution in [0.2, 0.25) is 0 Å². The van der Waals surface area contributed by atoms with Gasteiger partial charge in [0.05, 0.1) is 0 Å². The van der Waals surface area contributed by atoms with E-state index in [0.717, 1.165) is 0 Å². The lowest BCUT2D eigenvalue weighted by Crippen LogP contribution is -2.08. The van der Waals surface area contributed by atoms with Crippen molar-refractivity contribution in [3.05, 3.63) is 54.1 Å². The van der Waals surface area contributed by atoms with Crippen LogP contribution in [0.4, 0.5) is 5.69 Å². The van der Waals surface area contributed by atoms with E-state index in [-0.39, 0.29) is 0 Å². The van der Waals surface area contributed by atoms with Crippen molar-refractivity contribution in [3.63, 3.8) is 0 Å². The molecule has 0 N–H and O–H groups in total. The predicted molar refractivity (Wildman–Crippen MR) is 84.9 cm³/mol. The second-order valence-electron chi connectivity index (χ2n) is 5.34. The SMILES string of the molecule is CCC(C)c1ccccc1-c1ccc(N(C)C)cc1. The summed E-state index contributed by atoms with van der Waals surface area (Å²) in [6.45, 7) is 4.55. The van der Waals surface area contributed by atoms with Gasteiger partial charge in [0.1, 0.15) is 0 Å². The summed E-state index contributed by atoms with van der Waals surface area (Å²) in [5.41, 5.74) is 5.36. The van der Waals surface area contributed by atoms with Crippen molar-refractivity contribution in [3.8, 4) is 11.1 Å². The maximum atomic E-state index is 2.30. The van der Waals surface area contributed by atoms with Crippen molar-refractivity contribution in [1.82, 2.24) is 0 Å². The van der Waals surface area contributed by atoms with Crippen LogP contribution < -0.4 is 4.90 Å². The van der Waals surface area contributed by atoms with Gasteiger partial charge in [-0.05, 0) is 41.2 Å². The number of benzene rings is 2. The molecular weight excluding hydrogens is 230 g/mol. The van der Waals surface area contributed by atoms with Gasteiger partial charge in [-0.25, -0.2) is 0 Å². The van der Waals surface area contributed by atoms with Crippen LogP contribution in [-0.2, 0) is 0 Å². The average molecular weight is 253 g/mol. The van der Waals surface area contributed by atoms with Crippen LogP contribution in [-0.4, -0.2) is 14.1 Å². The molecular formula is C18H23N. The van der Waals surface area contributed by atoms with Crippen LogP contribution in [0, 0.1) is 0 Å². The van der Waals surface area contributed by atoms with Gasteiger partial charge < -0.3 is 4.90 Å². The summed E-state index contributed by atoms with van der Waals surface area (Å²) < 4.78 is 0. The molecule has 0 amide bonds. The summed E-state index contributed by atoms with van der Waals surface area (Å²) in [4.78, 5) is 2.13. The van der Waals surface area contributed by atoms with Crippen LogP contribution in [0.15, 0.2) is 48.5 Å². The van der Waals surface area contributed by atoms with Crippen molar-refractivity contribution in [2.45, 2.75) is 26.2 Å². The van der Waals surface area contributed by atoms with Gasteiger partial charge in [-0.3, -0.25) is 0 Å². The largest absolute Gasteiger partial charge is 0.378 e. The summed E-state index contributed by atoms with van der Waals surface area (Å²) in [6.07, 6.45) is 1.17. The summed E-state index contributed by atoms with van der Waals surface area (Å²) in [6, 6.07) is 17.5. The Hall–Kier alpha value is -1.76. The zero-order chi connectivity index (χ0) is 13.8. The molecule has 2 rings (SSSR count). The fourth-order valence-corrected chi connectivity index (χ4v) is 2.35. The van der Waals surface area contributed by atoms with Crippen molar-refractivity contribution in [2.75, 3.05) is 19.0 Å². The van der Waals surface area contributed by atoms with E-state index < -0.39 is 0 Å². The van der Waals surface area contributed by atoms with Gasteiger partial charge in [0, 0.05) is 19.8 Å². The minimum absolute atomic E-state index is 0.602. The van der Waals surface area contributed by atoms with Crippen LogP contribution in [0.1, 0.15) is 31.7 Å². The average Bonchev–Trinajstić information content (AvgIpc) is 2.46. The van der Waals surface area contributed by atoms with Gasteiger partial charge in [0.25, 0.3) is 0 Å². The van der Waals surface area contributed by atoms with E-state index in [1.807, 2.05) is 0 Å². The number of hydrogen-bond acceptors (Lipinski definition) is 1. The maximum Gasteiger partial charge on any atom is 0.0361 e. The highest BCUT2D eigenvalue weighted by atomic mass is 15.1. The number of hydrogen-bond donors (Lipinski definition) is 0. The van der Waals surface area contributed by atoms with Crippen LogP contribution in [0.25, 0.3) is 11.1 Å². The van der Waals surface area contributed by atoms with E-state index in [0.29, 0.717) is 5.92 Å². The summed E-state index contributed by atoms with van der Waals surface area (Å²) in [7, 11) is 4.14. The van der Waals surface area contributed by atoms with Gasteiger partial charge in [-0.1, -0.05) is 50.2 Å². The Bertz CT molecular complexity index is 526. The first-order valence-corrected chi connectivity index (χ1v) is 7.00. The van der Waals surface area contributed by atoms with Gasteiger partial charge in [-0.2, -0.15) is 0 Å². The van der Waals surface area contributed by atoms with Gasteiger partial charge in [-0.15, -0.1) is 0 Å². The minimum Gasteiger partial charge on any atom is -0.378 e. The lowest BCUT2D eigenvalue weighted by Gasteiger charge is -2.17. The predicted octanol–water partition coefficient (Wildman–Crippen LogP) is 4.93. The molecule has 0 radical (unpaired) electrons. The molecule has 0 aromatic heterocycles. The molecule has 0 fully saturated rings. The fourth-order valence-electron chi connectivity index (χ4n) is 2.35. The molecule has 0 spiro atoms. The Morgan fingerprint density at radius 2 is 1.58 bits per heavy atom. The Morgan fingerprint density at radius 1 is 0.947 bits per heavy atom. The highest BCUT2D eigenvalue weighted by Gasteiger charge is 2.09. The summed E-state index contributed by atoms with van der Waals surface area (Å²) in [5.74, 6) is 0.602. The van der Waals surface area contributed by atoms with Crippen molar-refractivity contribution in [2.24, 2.45) is 0 Å².